The van der Waals surface area contributed by atoms with Gasteiger partial charge in [0.1, 0.15) is 5.75 Å². The van der Waals surface area contributed by atoms with Crippen LogP contribution in [-0.4, -0.2) is 13.7 Å². The second-order valence-electron chi connectivity index (χ2n) is 2.94. The van der Waals surface area contributed by atoms with Crippen molar-refractivity contribution in [3.05, 3.63) is 40.7 Å². The highest BCUT2D eigenvalue weighted by molar-refractivity contribution is 5.36. The van der Waals surface area contributed by atoms with Crippen molar-refractivity contribution in [2.75, 3.05) is 13.7 Å². The summed E-state index contributed by atoms with van der Waals surface area (Å²) in [5.74, 6) is 0.909. The lowest BCUT2D eigenvalue weighted by Crippen LogP contribution is -1.91. The number of aryl methyl sites for hydroxylation is 1. The zero-order valence-electron chi connectivity index (χ0n) is 8.00. The Hall–Kier alpha value is -1.49. The molecule has 0 aromatic heterocycles. The van der Waals surface area contributed by atoms with Gasteiger partial charge in [-0.2, -0.15) is 0 Å². The Labute approximate surface area is 79.0 Å². The number of methoxy groups -OCH3 is 1. The molecule has 0 saturated heterocycles. The molecule has 0 heterocycles. The molecule has 0 bridgehead atoms. The van der Waals surface area contributed by atoms with Crippen LogP contribution in [0.25, 0.3) is 4.85 Å². The molecule has 1 aromatic rings. The van der Waals surface area contributed by atoms with Gasteiger partial charge in [0.25, 0.3) is 0 Å². The summed E-state index contributed by atoms with van der Waals surface area (Å²) >= 11 is 0. The minimum absolute atomic E-state index is 0.561. The van der Waals surface area contributed by atoms with Gasteiger partial charge in [-0.25, -0.2) is 6.57 Å². The van der Waals surface area contributed by atoms with Gasteiger partial charge in [0.2, 0.25) is 6.54 Å². The van der Waals surface area contributed by atoms with Gasteiger partial charge < -0.3 is 9.58 Å². The second-order valence-corrected chi connectivity index (χ2v) is 2.94. The minimum Gasteiger partial charge on any atom is -0.496 e. The van der Waals surface area contributed by atoms with Crippen LogP contribution in [0.1, 0.15) is 11.1 Å². The summed E-state index contributed by atoms with van der Waals surface area (Å²) < 4.78 is 5.14. The molecule has 0 unspecified atom stereocenters. The van der Waals surface area contributed by atoms with E-state index in [1.807, 2.05) is 19.1 Å². The van der Waals surface area contributed by atoms with Crippen LogP contribution >= 0.6 is 0 Å². The highest BCUT2D eigenvalue weighted by Gasteiger charge is 2.00. The fourth-order valence-electron chi connectivity index (χ4n) is 1.28. The van der Waals surface area contributed by atoms with E-state index in [4.69, 9.17) is 11.3 Å². The van der Waals surface area contributed by atoms with Crippen molar-refractivity contribution in [2.24, 2.45) is 0 Å². The first-order valence-electron chi connectivity index (χ1n) is 4.24. The summed E-state index contributed by atoms with van der Waals surface area (Å²) in [6.07, 6.45) is 0.828. The summed E-state index contributed by atoms with van der Waals surface area (Å²) in [4.78, 5) is 3.32. The molecule has 0 N–H and O–H groups in total. The van der Waals surface area contributed by atoms with E-state index in [9.17, 15) is 0 Å². The Morgan fingerprint density at radius 1 is 1.46 bits per heavy atom. The van der Waals surface area contributed by atoms with Gasteiger partial charge >= 0.3 is 0 Å². The molecule has 0 saturated carbocycles. The van der Waals surface area contributed by atoms with Crippen LogP contribution in [-0.2, 0) is 6.42 Å². The van der Waals surface area contributed by atoms with Gasteiger partial charge in [-0.15, -0.1) is 0 Å². The van der Waals surface area contributed by atoms with Gasteiger partial charge in [-0.05, 0) is 24.1 Å². The van der Waals surface area contributed by atoms with Gasteiger partial charge in [0.05, 0.1) is 7.11 Å². The zero-order valence-corrected chi connectivity index (χ0v) is 8.00. The predicted octanol–water partition coefficient (Wildman–Crippen LogP) is 2.47. The molecule has 2 heteroatoms. The molecular weight excluding hydrogens is 162 g/mol. The molecule has 0 aliphatic carbocycles. The topological polar surface area (TPSA) is 13.6 Å². The molecule has 0 amide bonds. The molecule has 1 rings (SSSR count). The van der Waals surface area contributed by atoms with Crippen molar-refractivity contribution in [2.45, 2.75) is 13.3 Å². The predicted molar refractivity (Wildman–Crippen MR) is 52.9 cm³/mol. The third-order valence-corrected chi connectivity index (χ3v) is 1.97. The van der Waals surface area contributed by atoms with Crippen molar-refractivity contribution in [3.8, 4) is 5.75 Å². The highest BCUT2D eigenvalue weighted by atomic mass is 16.5. The minimum atomic E-state index is 0.561. The molecule has 0 aliphatic rings. The van der Waals surface area contributed by atoms with E-state index < -0.39 is 0 Å². The molecule has 0 aliphatic heterocycles. The summed E-state index contributed by atoms with van der Waals surface area (Å²) in [5, 5.41) is 0. The first-order valence-corrected chi connectivity index (χ1v) is 4.24. The van der Waals surface area contributed by atoms with Crippen molar-refractivity contribution in [1.29, 1.82) is 0 Å². The van der Waals surface area contributed by atoms with Gasteiger partial charge in [-0.3, -0.25) is 0 Å². The van der Waals surface area contributed by atoms with Crippen LogP contribution < -0.4 is 4.74 Å². The van der Waals surface area contributed by atoms with Crippen LogP contribution in [0.3, 0.4) is 0 Å². The Balaban J connectivity index is 2.78. The molecule has 13 heavy (non-hydrogen) atoms. The van der Waals surface area contributed by atoms with Crippen LogP contribution in [0, 0.1) is 13.5 Å². The summed E-state index contributed by atoms with van der Waals surface area (Å²) in [6.45, 7) is 9.26. The largest absolute Gasteiger partial charge is 0.496 e. The van der Waals surface area contributed by atoms with E-state index >= 15 is 0 Å². The molecular formula is C11H13NO. The van der Waals surface area contributed by atoms with Crippen molar-refractivity contribution < 1.29 is 4.74 Å². The van der Waals surface area contributed by atoms with Crippen LogP contribution in [0.2, 0.25) is 0 Å². The number of ether oxygens (including phenoxy) is 1. The van der Waals surface area contributed by atoms with Gasteiger partial charge in [-0.1, -0.05) is 12.1 Å². The first kappa shape index (κ1) is 9.60. The van der Waals surface area contributed by atoms with E-state index in [0.717, 1.165) is 17.7 Å². The first-order chi connectivity index (χ1) is 6.27. The number of benzene rings is 1. The Bertz CT molecular complexity index is 325. The maximum atomic E-state index is 6.68. The van der Waals surface area contributed by atoms with Crippen LogP contribution in [0.15, 0.2) is 18.2 Å². The standard InChI is InChI=1S/C11H13NO/c1-9-8-10(6-7-12-2)4-5-11(9)13-3/h4-5,8H,6-7H2,1,3H3. The van der Waals surface area contributed by atoms with Crippen molar-refractivity contribution in [1.82, 2.24) is 0 Å². The number of rotatable bonds is 3. The van der Waals surface area contributed by atoms with Crippen molar-refractivity contribution >= 4 is 0 Å². The van der Waals surface area contributed by atoms with E-state index in [1.54, 1.807) is 7.11 Å². The van der Waals surface area contributed by atoms with E-state index in [0.29, 0.717) is 6.54 Å². The quantitative estimate of drug-likeness (QED) is 0.643. The van der Waals surface area contributed by atoms with E-state index in [-0.39, 0.29) is 0 Å². The van der Waals surface area contributed by atoms with E-state index in [1.165, 1.54) is 5.56 Å². The maximum absolute atomic E-state index is 6.68. The Morgan fingerprint density at radius 2 is 2.23 bits per heavy atom. The summed E-state index contributed by atoms with van der Waals surface area (Å²) in [7, 11) is 1.67. The average Bonchev–Trinajstić information content (AvgIpc) is 2.15. The molecule has 1 aromatic carbocycles. The fourth-order valence-corrected chi connectivity index (χ4v) is 1.28. The lowest BCUT2D eigenvalue weighted by molar-refractivity contribution is 0.411. The normalized spacial score (nSPS) is 9.31. The zero-order chi connectivity index (χ0) is 9.68. The lowest BCUT2D eigenvalue weighted by atomic mass is 10.1. The molecule has 68 valence electrons. The second kappa shape index (κ2) is 4.51. The number of nitrogens with zero attached hydrogens (tertiary/aromatic N) is 1. The smallest absolute Gasteiger partial charge is 0.218 e. The summed E-state index contributed by atoms with van der Waals surface area (Å²) in [6, 6.07) is 6.04. The Morgan fingerprint density at radius 3 is 2.77 bits per heavy atom. The van der Waals surface area contributed by atoms with Gasteiger partial charge in [0, 0.05) is 6.42 Å². The van der Waals surface area contributed by atoms with Gasteiger partial charge in [0.15, 0.2) is 0 Å². The average molecular weight is 175 g/mol. The molecule has 0 fully saturated rings. The highest BCUT2D eigenvalue weighted by Crippen LogP contribution is 2.18. The molecule has 2 nitrogen and oxygen atoms in total. The molecule has 0 spiro atoms. The lowest BCUT2D eigenvalue weighted by Gasteiger charge is -2.05. The molecule has 0 radical (unpaired) electrons. The van der Waals surface area contributed by atoms with Crippen LogP contribution in [0.4, 0.5) is 0 Å². The SMILES string of the molecule is [C-]#[N+]CCc1ccc(OC)c(C)c1. The summed E-state index contributed by atoms with van der Waals surface area (Å²) in [5.41, 5.74) is 2.33. The fraction of sp³-hybridized carbons (Fsp3) is 0.364. The van der Waals surface area contributed by atoms with E-state index in [2.05, 4.69) is 10.9 Å². The maximum Gasteiger partial charge on any atom is 0.218 e. The Kier molecular flexibility index (Phi) is 3.33. The monoisotopic (exact) mass is 175 g/mol. The third kappa shape index (κ3) is 2.48. The number of hydrogen-bond acceptors (Lipinski definition) is 1. The van der Waals surface area contributed by atoms with Crippen LogP contribution in [0.5, 0.6) is 5.75 Å². The molecule has 0 atom stereocenters. The van der Waals surface area contributed by atoms with Crippen molar-refractivity contribution in [3.63, 3.8) is 0 Å². The number of hydrogen-bond donors (Lipinski definition) is 0. The third-order valence-electron chi connectivity index (χ3n) is 1.97.